The molecule has 92 valence electrons. The minimum Gasteiger partial charge on any atom is -0.389 e. The van der Waals surface area contributed by atoms with Crippen molar-refractivity contribution >= 4 is 28.8 Å². The third-order valence-corrected chi connectivity index (χ3v) is 2.61. The molecule has 0 radical (unpaired) electrons. The number of aryl methyl sites for hydroxylation is 1. The van der Waals surface area contributed by atoms with Crippen molar-refractivity contribution in [2.75, 3.05) is 5.32 Å². The molecule has 0 saturated carbocycles. The maximum atomic E-state index is 11.9. The highest BCUT2D eigenvalue weighted by molar-refractivity contribution is 7.80. The van der Waals surface area contributed by atoms with Gasteiger partial charge in [-0.15, -0.1) is 0 Å². The summed E-state index contributed by atoms with van der Waals surface area (Å²) in [6, 6.07) is 8.76. The molecule has 3 N–H and O–H groups in total. The molecule has 1 amide bonds. The molecule has 2 rings (SSSR count). The van der Waals surface area contributed by atoms with Crippen LogP contribution >= 0.6 is 12.2 Å². The number of hydrogen-bond acceptors (Lipinski definition) is 3. The van der Waals surface area contributed by atoms with E-state index in [9.17, 15) is 4.79 Å². The zero-order chi connectivity index (χ0) is 13.1. The van der Waals surface area contributed by atoms with Crippen molar-refractivity contribution in [2.45, 2.75) is 0 Å². The van der Waals surface area contributed by atoms with Gasteiger partial charge in [0.05, 0.1) is 5.69 Å². The van der Waals surface area contributed by atoms with E-state index in [1.165, 1.54) is 0 Å². The first-order valence-corrected chi connectivity index (χ1v) is 5.68. The first-order valence-electron chi connectivity index (χ1n) is 5.28. The van der Waals surface area contributed by atoms with Crippen molar-refractivity contribution in [3.8, 4) is 0 Å². The van der Waals surface area contributed by atoms with Crippen LogP contribution in [0.1, 0.15) is 16.1 Å². The smallest absolute Gasteiger partial charge is 0.276 e. The highest BCUT2D eigenvalue weighted by Crippen LogP contribution is 2.15. The van der Waals surface area contributed by atoms with Crippen LogP contribution in [0.2, 0.25) is 0 Å². The lowest BCUT2D eigenvalue weighted by atomic mass is 10.1. The highest BCUT2D eigenvalue weighted by Gasteiger charge is 2.12. The van der Waals surface area contributed by atoms with Crippen molar-refractivity contribution in [2.24, 2.45) is 12.8 Å². The lowest BCUT2D eigenvalue weighted by Gasteiger charge is -2.08. The fourth-order valence-corrected chi connectivity index (χ4v) is 1.71. The number of nitrogens with two attached hydrogens (primary N) is 1. The van der Waals surface area contributed by atoms with E-state index in [1.807, 2.05) is 6.07 Å². The zero-order valence-corrected chi connectivity index (χ0v) is 10.6. The van der Waals surface area contributed by atoms with E-state index >= 15 is 0 Å². The number of nitrogens with one attached hydrogen (secondary N) is 1. The number of thiocarbonyl (C=S) groups is 1. The van der Waals surface area contributed by atoms with Crippen LogP contribution in [0.15, 0.2) is 36.5 Å². The number of carbonyl (C=O) groups is 1. The predicted octanol–water partition coefficient (Wildman–Crippen LogP) is 1.31. The van der Waals surface area contributed by atoms with Crippen molar-refractivity contribution in [3.05, 3.63) is 47.8 Å². The van der Waals surface area contributed by atoms with Crippen LogP contribution < -0.4 is 11.1 Å². The van der Waals surface area contributed by atoms with Crippen LogP contribution in [-0.4, -0.2) is 20.7 Å². The third-order valence-electron chi connectivity index (χ3n) is 2.39. The molecule has 0 unspecified atom stereocenters. The average Bonchev–Trinajstić information content (AvgIpc) is 2.76. The van der Waals surface area contributed by atoms with Crippen molar-refractivity contribution < 1.29 is 4.79 Å². The summed E-state index contributed by atoms with van der Waals surface area (Å²) >= 11 is 4.93. The molecule has 2 aromatic rings. The third kappa shape index (κ3) is 2.54. The van der Waals surface area contributed by atoms with Crippen molar-refractivity contribution in [3.63, 3.8) is 0 Å². The molecule has 1 aromatic carbocycles. The van der Waals surface area contributed by atoms with Gasteiger partial charge in [0.25, 0.3) is 5.91 Å². The van der Waals surface area contributed by atoms with Crippen LogP contribution in [0.3, 0.4) is 0 Å². The molecule has 0 atom stereocenters. The Morgan fingerprint density at radius 2 is 2.11 bits per heavy atom. The van der Waals surface area contributed by atoms with Crippen LogP contribution in [-0.2, 0) is 7.05 Å². The van der Waals surface area contributed by atoms with Gasteiger partial charge in [-0.05, 0) is 18.2 Å². The summed E-state index contributed by atoms with van der Waals surface area (Å²) in [5.41, 5.74) is 7.16. The molecule has 5 nitrogen and oxygen atoms in total. The van der Waals surface area contributed by atoms with E-state index in [0.717, 1.165) is 0 Å². The highest BCUT2D eigenvalue weighted by atomic mass is 32.1. The molecule has 0 saturated heterocycles. The number of hydrogen-bond donors (Lipinski definition) is 2. The van der Waals surface area contributed by atoms with Gasteiger partial charge in [0.15, 0.2) is 5.69 Å². The minimum absolute atomic E-state index is 0.243. The second-order valence-electron chi connectivity index (χ2n) is 3.74. The number of aromatic nitrogens is 2. The van der Waals surface area contributed by atoms with Gasteiger partial charge >= 0.3 is 0 Å². The molecule has 0 aliphatic carbocycles. The molecule has 1 aromatic heterocycles. The fourth-order valence-electron chi connectivity index (χ4n) is 1.53. The Balaban J connectivity index is 2.24. The molecule has 6 heteroatoms. The van der Waals surface area contributed by atoms with Gasteiger partial charge < -0.3 is 11.1 Å². The van der Waals surface area contributed by atoms with Crippen LogP contribution in [0.25, 0.3) is 0 Å². The Morgan fingerprint density at radius 3 is 2.72 bits per heavy atom. The summed E-state index contributed by atoms with van der Waals surface area (Å²) in [4.78, 5) is 12.2. The van der Waals surface area contributed by atoms with E-state index in [4.69, 9.17) is 18.0 Å². The molecule has 0 aliphatic rings. The predicted molar refractivity (Wildman–Crippen MR) is 73.5 cm³/mol. The Morgan fingerprint density at radius 1 is 1.39 bits per heavy atom. The maximum Gasteiger partial charge on any atom is 0.276 e. The molecule has 1 heterocycles. The molecule has 18 heavy (non-hydrogen) atoms. The largest absolute Gasteiger partial charge is 0.389 e. The van der Waals surface area contributed by atoms with Crippen LogP contribution in [0.4, 0.5) is 5.69 Å². The summed E-state index contributed by atoms with van der Waals surface area (Å²) in [6.45, 7) is 0. The monoisotopic (exact) mass is 260 g/mol. The van der Waals surface area contributed by atoms with E-state index < -0.39 is 0 Å². The number of carbonyl (C=O) groups excluding carboxylic acids is 1. The minimum atomic E-state index is -0.292. The molecule has 0 fully saturated rings. The first kappa shape index (κ1) is 12.3. The Labute approximate surface area is 110 Å². The van der Waals surface area contributed by atoms with Gasteiger partial charge in [-0.1, -0.05) is 24.4 Å². The number of anilines is 1. The fraction of sp³-hybridized carbons (Fsp3) is 0.0833. The quantitative estimate of drug-likeness (QED) is 0.816. The SMILES string of the molecule is Cn1ccc(C(=O)Nc2ccccc2C(N)=S)n1. The normalized spacial score (nSPS) is 10.1. The summed E-state index contributed by atoms with van der Waals surface area (Å²) in [6.07, 6.45) is 1.70. The second kappa shape index (κ2) is 4.97. The molecule has 0 spiro atoms. The van der Waals surface area contributed by atoms with Gasteiger partial charge in [0.1, 0.15) is 4.99 Å². The Bertz CT molecular complexity index is 606. The molecular formula is C12H12N4OS. The van der Waals surface area contributed by atoms with Gasteiger partial charge in [0, 0.05) is 18.8 Å². The van der Waals surface area contributed by atoms with E-state index in [2.05, 4.69) is 10.4 Å². The van der Waals surface area contributed by atoms with Crippen molar-refractivity contribution in [1.82, 2.24) is 9.78 Å². The first-order chi connectivity index (χ1) is 8.58. The summed E-state index contributed by atoms with van der Waals surface area (Å²) in [5, 5.41) is 6.76. The lowest BCUT2D eigenvalue weighted by Crippen LogP contribution is -2.18. The number of nitrogens with zero attached hydrogens (tertiary/aromatic N) is 2. The van der Waals surface area contributed by atoms with Crippen LogP contribution in [0.5, 0.6) is 0 Å². The van der Waals surface area contributed by atoms with Gasteiger partial charge in [-0.3, -0.25) is 9.48 Å². The standard InChI is InChI=1S/C12H12N4OS/c1-16-7-6-10(15-16)12(17)14-9-5-3-2-4-8(9)11(13)18/h2-7H,1H3,(H2,13,18)(H,14,17). The van der Waals surface area contributed by atoms with E-state index in [1.54, 1.807) is 42.2 Å². The molecule has 0 bridgehead atoms. The van der Waals surface area contributed by atoms with Gasteiger partial charge in [-0.25, -0.2) is 0 Å². The number of para-hydroxylation sites is 1. The van der Waals surface area contributed by atoms with Gasteiger partial charge in [0.2, 0.25) is 0 Å². The average molecular weight is 260 g/mol. The van der Waals surface area contributed by atoms with Crippen LogP contribution in [0, 0.1) is 0 Å². The number of benzene rings is 1. The summed E-state index contributed by atoms with van der Waals surface area (Å²) in [5.74, 6) is -0.292. The molecule has 0 aliphatic heterocycles. The van der Waals surface area contributed by atoms with E-state index in [-0.39, 0.29) is 10.9 Å². The summed E-state index contributed by atoms with van der Waals surface area (Å²) < 4.78 is 1.56. The summed E-state index contributed by atoms with van der Waals surface area (Å²) in [7, 11) is 1.75. The van der Waals surface area contributed by atoms with E-state index in [0.29, 0.717) is 16.9 Å². The molecular weight excluding hydrogens is 248 g/mol. The van der Waals surface area contributed by atoms with Crippen molar-refractivity contribution in [1.29, 1.82) is 0 Å². The number of amides is 1. The maximum absolute atomic E-state index is 11.9. The Kier molecular flexibility index (Phi) is 3.38. The zero-order valence-electron chi connectivity index (χ0n) is 9.75. The number of rotatable bonds is 3. The Hall–Kier alpha value is -2.21. The second-order valence-corrected chi connectivity index (χ2v) is 4.18. The van der Waals surface area contributed by atoms with Gasteiger partial charge in [-0.2, -0.15) is 5.10 Å². The lowest BCUT2D eigenvalue weighted by molar-refractivity contribution is 0.102. The topological polar surface area (TPSA) is 72.9 Å².